The van der Waals surface area contributed by atoms with E-state index in [1.54, 1.807) is 0 Å². The molecule has 4 nitrogen and oxygen atoms in total. The highest BCUT2D eigenvalue weighted by molar-refractivity contribution is 5.78. The van der Waals surface area contributed by atoms with Gasteiger partial charge in [0.05, 0.1) is 13.2 Å². The lowest BCUT2D eigenvalue weighted by molar-refractivity contribution is 0.305. The van der Waals surface area contributed by atoms with Crippen molar-refractivity contribution in [3.8, 4) is 33.8 Å². The van der Waals surface area contributed by atoms with Crippen molar-refractivity contribution in [2.45, 2.75) is 84.5 Å². The summed E-state index contributed by atoms with van der Waals surface area (Å²) in [5.41, 5.74) is 10.1. The highest BCUT2D eigenvalue weighted by Crippen LogP contribution is 2.43. The molecule has 0 atom stereocenters. The first-order valence-electron chi connectivity index (χ1n) is 15.7. The maximum Gasteiger partial charge on any atom is 0.127 e. The Morgan fingerprint density at radius 2 is 1.15 bits per heavy atom. The monoisotopic (exact) mass is 548 g/mol. The maximum atomic E-state index is 6.46. The SMILES string of the molecule is CCCCCCCOc1cc2c(cc1-c1ccncc1)Cc1c(ccc(OCCCCCC)c1-c1ccncc1)C2. The Morgan fingerprint density at radius 1 is 0.561 bits per heavy atom. The van der Waals surface area contributed by atoms with Crippen LogP contribution in [0.3, 0.4) is 0 Å². The zero-order valence-electron chi connectivity index (χ0n) is 24.8. The van der Waals surface area contributed by atoms with Gasteiger partial charge >= 0.3 is 0 Å². The molecule has 2 heterocycles. The third-order valence-electron chi connectivity index (χ3n) is 8.14. The average Bonchev–Trinajstić information content (AvgIpc) is 3.02. The summed E-state index contributed by atoms with van der Waals surface area (Å²) < 4.78 is 12.9. The van der Waals surface area contributed by atoms with Crippen molar-refractivity contribution in [3.05, 3.63) is 95.6 Å². The second kappa shape index (κ2) is 14.8. The summed E-state index contributed by atoms with van der Waals surface area (Å²) in [5.74, 6) is 1.96. The first-order valence-corrected chi connectivity index (χ1v) is 15.7. The van der Waals surface area contributed by atoms with Gasteiger partial charge in [0.2, 0.25) is 0 Å². The van der Waals surface area contributed by atoms with Gasteiger partial charge in [-0.25, -0.2) is 0 Å². The normalized spacial score (nSPS) is 12.0. The number of rotatable bonds is 15. The summed E-state index contributed by atoms with van der Waals surface area (Å²) in [6.45, 7) is 6.00. The summed E-state index contributed by atoms with van der Waals surface area (Å²) in [4.78, 5) is 8.54. The maximum absolute atomic E-state index is 6.46. The molecule has 0 N–H and O–H groups in total. The number of hydrogen-bond acceptors (Lipinski definition) is 4. The number of pyridine rings is 2. The Bertz CT molecular complexity index is 1390. The first kappa shape index (κ1) is 28.9. The highest BCUT2D eigenvalue weighted by Gasteiger charge is 2.24. The van der Waals surface area contributed by atoms with Crippen LogP contribution < -0.4 is 9.47 Å². The molecular weight excluding hydrogens is 504 g/mol. The van der Waals surface area contributed by atoms with Crippen LogP contribution in [0, 0.1) is 0 Å². The second-order valence-electron chi connectivity index (χ2n) is 11.2. The predicted octanol–water partition coefficient (Wildman–Crippen LogP) is 9.61. The topological polar surface area (TPSA) is 44.2 Å². The molecule has 0 bridgehead atoms. The molecule has 4 heteroatoms. The van der Waals surface area contributed by atoms with E-state index in [1.807, 2.05) is 24.8 Å². The van der Waals surface area contributed by atoms with Crippen LogP contribution in [0.2, 0.25) is 0 Å². The Morgan fingerprint density at radius 3 is 1.83 bits per heavy atom. The number of ether oxygens (including phenoxy) is 2. The van der Waals surface area contributed by atoms with Gasteiger partial charge in [0.15, 0.2) is 0 Å². The van der Waals surface area contributed by atoms with Crippen LogP contribution >= 0.6 is 0 Å². The average molecular weight is 549 g/mol. The van der Waals surface area contributed by atoms with Crippen LogP contribution in [-0.4, -0.2) is 23.2 Å². The molecule has 4 aromatic rings. The van der Waals surface area contributed by atoms with Crippen LogP contribution in [0.5, 0.6) is 11.5 Å². The van der Waals surface area contributed by atoms with E-state index < -0.39 is 0 Å². The fourth-order valence-electron chi connectivity index (χ4n) is 5.86. The minimum absolute atomic E-state index is 0.749. The Hall–Kier alpha value is -3.66. The molecule has 0 amide bonds. The molecule has 5 rings (SSSR count). The van der Waals surface area contributed by atoms with E-state index in [0.717, 1.165) is 61.5 Å². The summed E-state index contributed by atoms with van der Waals surface area (Å²) in [7, 11) is 0. The van der Waals surface area contributed by atoms with Crippen molar-refractivity contribution in [2.24, 2.45) is 0 Å². The van der Waals surface area contributed by atoms with E-state index >= 15 is 0 Å². The molecule has 1 aliphatic rings. The molecule has 0 radical (unpaired) electrons. The van der Waals surface area contributed by atoms with Gasteiger partial charge in [-0.05, 0) is 102 Å². The van der Waals surface area contributed by atoms with E-state index in [1.165, 1.54) is 78.3 Å². The Labute approximate surface area is 246 Å². The van der Waals surface area contributed by atoms with Crippen molar-refractivity contribution in [1.29, 1.82) is 0 Å². The standard InChI is InChI=1S/C37H44N2O2/c1-3-5-7-9-11-23-41-36-27-31-24-30-12-13-35(40-22-10-8-6-4-2)37(29-16-20-39-21-17-29)34(30)26-32(31)25-33(36)28-14-18-38-19-15-28/h12-21,25,27H,3-11,22-24,26H2,1-2H3. The van der Waals surface area contributed by atoms with E-state index in [4.69, 9.17) is 9.47 Å². The lowest BCUT2D eigenvalue weighted by atomic mass is 9.80. The highest BCUT2D eigenvalue weighted by atomic mass is 16.5. The number of benzene rings is 2. The van der Waals surface area contributed by atoms with E-state index in [0.29, 0.717) is 0 Å². The zero-order valence-corrected chi connectivity index (χ0v) is 24.8. The van der Waals surface area contributed by atoms with Crippen molar-refractivity contribution in [3.63, 3.8) is 0 Å². The molecular formula is C37H44N2O2. The molecule has 0 saturated heterocycles. The number of unbranched alkanes of at least 4 members (excludes halogenated alkanes) is 7. The fourth-order valence-corrected chi connectivity index (χ4v) is 5.86. The van der Waals surface area contributed by atoms with E-state index in [2.05, 4.69) is 72.3 Å². The Kier molecular flexibility index (Phi) is 10.4. The molecule has 1 aliphatic carbocycles. The van der Waals surface area contributed by atoms with Crippen LogP contribution in [0.1, 0.15) is 93.9 Å². The zero-order chi connectivity index (χ0) is 28.3. The van der Waals surface area contributed by atoms with Gasteiger partial charge in [-0.3, -0.25) is 9.97 Å². The Balaban J connectivity index is 1.46. The van der Waals surface area contributed by atoms with Crippen LogP contribution in [0.4, 0.5) is 0 Å². The van der Waals surface area contributed by atoms with Gasteiger partial charge in [-0.1, -0.05) is 64.9 Å². The third kappa shape index (κ3) is 7.35. The van der Waals surface area contributed by atoms with Gasteiger partial charge < -0.3 is 9.47 Å². The first-order chi connectivity index (χ1) is 20.3. The largest absolute Gasteiger partial charge is 0.493 e. The van der Waals surface area contributed by atoms with Crippen molar-refractivity contribution >= 4 is 0 Å². The minimum atomic E-state index is 0.749. The lowest BCUT2D eigenvalue weighted by Crippen LogP contribution is -2.12. The van der Waals surface area contributed by atoms with Gasteiger partial charge in [0.25, 0.3) is 0 Å². The summed E-state index contributed by atoms with van der Waals surface area (Å²) in [6, 6.07) is 17.5. The van der Waals surface area contributed by atoms with Crippen LogP contribution in [0.25, 0.3) is 22.3 Å². The number of fused-ring (bicyclic) bond motifs is 2. The van der Waals surface area contributed by atoms with E-state index in [-0.39, 0.29) is 0 Å². The number of nitrogens with zero attached hydrogens (tertiary/aromatic N) is 2. The molecule has 41 heavy (non-hydrogen) atoms. The second-order valence-corrected chi connectivity index (χ2v) is 11.2. The molecule has 214 valence electrons. The molecule has 2 aromatic heterocycles. The van der Waals surface area contributed by atoms with Crippen LogP contribution in [-0.2, 0) is 12.8 Å². The van der Waals surface area contributed by atoms with E-state index in [9.17, 15) is 0 Å². The van der Waals surface area contributed by atoms with Crippen molar-refractivity contribution < 1.29 is 9.47 Å². The summed E-state index contributed by atoms with van der Waals surface area (Å²) >= 11 is 0. The van der Waals surface area contributed by atoms with Gasteiger partial charge in [0.1, 0.15) is 11.5 Å². The molecule has 2 aromatic carbocycles. The third-order valence-corrected chi connectivity index (χ3v) is 8.14. The molecule has 0 saturated carbocycles. The van der Waals surface area contributed by atoms with Crippen molar-refractivity contribution in [1.82, 2.24) is 9.97 Å². The quantitative estimate of drug-likeness (QED) is 0.122. The summed E-state index contributed by atoms with van der Waals surface area (Å²) in [5, 5.41) is 0. The summed E-state index contributed by atoms with van der Waals surface area (Å²) in [6.07, 6.45) is 20.2. The number of hydrogen-bond donors (Lipinski definition) is 0. The van der Waals surface area contributed by atoms with Gasteiger partial charge in [-0.2, -0.15) is 0 Å². The molecule has 0 aliphatic heterocycles. The number of aromatic nitrogens is 2. The van der Waals surface area contributed by atoms with Crippen LogP contribution in [0.15, 0.2) is 73.3 Å². The lowest BCUT2D eigenvalue weighted by Gasteiger charge is -2.26. The molecule has 0 spiro atoms. The molecule has 0 unspecified atom stereocenters. The molecule has 0 fully saturated rings. The van der Waals surface area contributed by atoms with Crippen molar-refractivity contribution in [2.75, 3.05) is 13.2 Å². The van der Waals surface area contributed by atoms with Gasteiger partial charge in [0, 0.05) is 35.9 Å². The smallest absolute Gasteiger partial charge is 0.127 e. The predicted molar refractivity (Wildman–Crippen MR) is 169 cm³/mol. The fraction of sp³-hybridized carbons (Fsp3) is 0.405. The van der Waals surface area contributed by atoms with Gasteiger partial charge in [-0.15, -0.1) is 0 Å². The minimum Gasteiger partial charge on any atom is -0.493 e.